The van der Waals surface area contributed by atoms with Crippen LogP contribution in [0.25, 0.3) is 0 Å². The first kappa shape index (κ1) is 20.1. The molecular weight excluding hydrogens is 322 g/mol. The summed E-state index contributed by atoms with van der Waals surface area (Å²) in [4.78, 5) is 28.3. The molecule has 2 saturated heterocycles. The molecule has 2 amide bonds. The van der Waals surface area contributed by atoms with Crippen LogP contribution in [0.4, 0.5) is 0 Å². The first-order valence-corrected chi connectivity index (χ1v) is 9.60. The number of aliphatic hydroxyl groups is 1. The van der Waals surface area contributed by atoms with Crippen LogP contribution in [0.3, 0.4) is 0 Å². The van der Waals surface area contributed by atoms with E-state index in [1.807, 2.05) is 6.92 Å². The summed E-state index contributed by atoms with van der Waals surface area (Å²) in [6.45, 7) is 7.54. The molecule has 0 saturated carbocycles. The van der Waals surface area contributed by atoms with Crippen LogP contribution >= 0.6 is 0 Å². The number of carbonyl (C=O) groups excluding carboxylic acids is 2. The molecule has 2 aliphatic rings. The minimum absolute atomic E-state index is 0.00249. The van der Waals surface area contributed by atoms with E-state index in [0.717, 1.165) is 45.3 Å². The molecule has 0 aliphatic carbocycles. The zero-order valence-electron chi connectivity index (χ0n) is 15.4. The Balaban J connectivity index is 1.61. The van der Waals surface area contributed by atoms with E-state index in [1.54, 1.807) is 4.90 Å². The van der Waals surface area contributed by atoms with Crippen LogP contribution in [0.15, 0.2) is 0 Å². The second-order valence-electron chi connectivity index (χ2n) is 7.07. The minimum atomic E-state index is 0.00249. The predicted octanol–water partition coefficient (Wildman–Crippen LogP) is 0.0820. The average Bonchev–Trinajstić information content (AvgIpc) is 2.66. The molecule has 25 heavy (non-hydrogen) atoms. The maximum Gasteiger partial charge on any atom is 0.248 e. The van der Waals surface area contributed by atoms with Gasteiger partial charge < -0.3 is 25.0 Å². The second kappa shape index (κ2) is 10.7. The Hall–Kier alpha value is -1.18. The van der Waals surface area contributed by atoms with E-state index in [2.05, 4.69) is 10.2 Å². The fourth-order valence-corrected chi connectivity index (χ4v) is 3.66. The van der Waals surface area contributed by atoms with Gasteiger partial charge in [0.15, 0.2) is 0 Å². The Labute approximate surface area is 150 Å². The maximum atomic E-state index is 12.3. The lowest BCUT2D eigenvalue weighted by Gasteiger charge is -2.33. The minimum Gasteiger partial charge on any atom is -0.396 e. The average molecular weight is 355 g/mol. The Bertz CT molecular complexity index is 425. The predicted molar refractivity (Wildman–Crippen MR) is 95.1 cm³/mol. The molecule has 0 radical (unpaired) electrons. The van der Waals surface area contributed by atoms with E-state index in [9.17, 15) is 14.7 Å². The van der Waals surface area contributed by atoms with Crippen LogP contribution in [0.1, 0.15) is 32.6 Å². The smallest absolute Gasteiger partial charge is 0.248 e. The molecule has 2 fully saturated rings. The van der Waals surface area contributed by atoms with Gasteiger partial charge in [-0.2, -0.15) is 0 Å². The van der Waals surface area contributed by atoms with Crippen molar-refractivity contribution in [2.45, 2.75) is 32.6 Å². The van der Waals surface area contributed by atoms with Gasteiger partial charge in [-0.25, -0.2) is 0 Å². The number of amides is 2. The van der Waals surface area contributed by atoms with E-state index in [1.165, 1.54) is 0 Å². The van der Waals surface area contributed by atoms with Gasteiger partial charge in [-0.05, 0) is 45.1 Å². The number of hydrogen-bond acceptors (Lipinski definition) is 5. The fourth-order valence-electron chi connectivity index (χ4n) is 3.66. The molecular formula is C18H33N3O4. The molecule has 0 aromatic heterocycles. The number of aliphatic hydroxyl groups excluding tert-OH is 1. The molecule has 7 heteroatoms. The van der Waals surface area contributed by atoms with Gasteiger partial charge in [-0.1, -0.05) is 0 Å². The normalized spacial score (nSPS) is 22.8. The van der Waals surface area contributed by atoms with Gasteiger partial charge in [0.2, 0.25) is 11.8 Å². The molecule has 2 N–H and O–H groups in total. The summed E-state index contributed by atoms with van der Waals surface area (Å²) in [5.41, 5.74) is 0. The third-order valence-electron chi connectivity index (χ3n) is 5.24. The molecule has 144 valence electrons. The summed E-state index contributed by atoms with van der Waals surface area (Å²) in [6.07, 6.45) is 3.66. The van der Waals surface area contributed by atoms with Gasteiger partial charge in [-0.15, -0.1) is 0 Å². The summed E-state index contributed by atoms with van der Waals surface area (Å²) < 4.78 is 5.16. The van der Waals surface area contributed by atoms with Crippen molar-refractivity contribution in [3.63, 3.8) is 0 Å². The van der Waals surface area contributed by atoms with Crippen molar-refractivity contribution >= 4 is 11.8 Å². The lowest BCUT2D eigenvalue weighted by molar-refractivity contribution is -0.139. The lowest BCUT2D eigenvalue weighted by Crippen LogP contribution is -2.46. The standard InChI is InChI=1S/C18H33N3O4/c1-2-25-14-17(23)21-9-5-16(6-10-21)18(24)19-7-11-20-8-3-4-15(12-20)13-22/h15-16,22H,2-14H2,1H3,(H,19,24)/t15-/m0/s1. The molecule has 0 aromatic carbocycles. The number of nitrogens with zero attached hydrogens (tertiary/aromatic N) is 2. The lowest BCUT2D eigenvalue weighted by atomic mass is 9.96. The second-order valence-corrected chi connectivity index (χ2v) is 7.07. The first-order chi connectivity index (χ1) is 12.1. The highest BCUT2D eigenvalue weighted by Gasteiger charge is 2.27. The van der Waals surface area contributed by atoms with E-state index < -0.39 is 0 Å². The van der Waals surface area contributed by atoms with E-state index in [-0.39, 0.29) is 30.9 Å². The summed E-state index contributed by atoms with van der Waals surface area (Å²) in [5.74, 6) is 0.502. The van der Waals surface area contributed by atoms with Gasteiger partial charge in [0, 0.05) is 51.9 Å². The van der Waals surface area contributed by atoms with Crippen molar-refractivity contribution in [1.82, 2.24) is 15.1 Å². The van der Waals surface area contributed by atoms with E-state index >= 15 is 0 Å². The van der Waals surface area contributed by atoms with Gasteiger partial charge in [0.1, 0.15) is 6.61 Å². The first-order valence-electron chi connectivity index (χ1n) is 9.60. The van der Waals surface area contributed by atoms with Gasteiger partial charge in [0.25, 0.3) is 0 Å². The van der Waals surface area contributed by atoms with Crippen LogP contribution in [0.5, 0.6) is 0 Å². The highest BCUT2D eigenvalue weighted by atomic mass is 16.5. The molecule has 0 bridgehead atoms. The van der Waals surface area contributed by atoms with Crippen LogP contribution in [-0.4, -0.2) is 85.8 Å². The number of hydrogen-bond donors (Lipinski definition) is 2. The van der Waals surface area contributed by atoms with Crippen molar-refractivity contribution < 1.29 is 19.4 Å². The number of rotatable bonds is 8. The van der Waals surface area contributed by atoms with E-state index in [0.29, 0.717) is 32.2 Å². The Morgan fingerprint density at radius 3 is 2.64 bits per heavy atom. The summed E-state index contributed by atoms with van der Waals surface area (Å²) in [5, 5.41) is 12.3. The highest BCUT2D eigenvalue weighted by Crippen LogP contribution is 2.18. The number of nitrogens with one attached hydrogen (secondary N) is 1. The van der Waals surface area contributed by atoms with Crippen LogP contribution in [-0.2, 0) is 14.3 Å². The molecule has 2 heterocycles. The Morgan fingerprint density at radius 1 is 1.20 bits per heavy atom. The molecule has 2 rings (SSSR count). The maximum absolute atomic E-state index is 12.3. The monoisotopic (exact) mass is 355 g/mol. The van der Waals surface area contributed by atoms with Gasteiger partial charge >= 0.3 is 0 Å². The van der Waals surface area contributed by atoms with Gasteiger partial charge in [0.05, 0.1) is 0 Å². The van der Waals surface area contributed by atoms with Crippen molar-refractivity contribution in [1.29, 1.82) is 0 Å². The van der Waals surface area contributed by atoms with Crippen molar-refractivity contribution in [3.05, 3.63) is 0 Å². The molecule has 7 nitrogen and oxygen atoms in total. The summed E-state index contributed by atoms with van der Waals surface area (Å²) >= 11 is 0. The zero-order valence-corrected chi connectivity index (χ0v) is 15.4. The largest absolute Gasteiger partial charge is 0.396 e. The Morgan fingerprint density at radius 2 is 1.96 bits per heavy atom. The van der Waals surface area contributed by atoms with Crippen molar-refractivity contribution in [3.8, 4) is 0 Å². The summed E-state index contributed by atoms with van der Waals surface area (Å²) in [7, 11) is 0. The quantitative estimate of drug-likeness (QED) is 0.644. The third kappa shape index (κ3) is 6.56. The molecule has 2 aliphatic heterocycles. The highest BCUT2D eigenvalue weighted by molar-refractivity contribution is 5.80. The molecule has 1 atom stereocenters. The number of carbonyl (C=O) groups is 2. The Kier molecular flexibility index (Phi) is 8.64. The molecule has 0 aromatic rings. The number of piperidine rings is 2. The molecule has 0 unspecified atom stereocenters. The van der Waals surface area contributed by atoms with Crippen molar-refractivity contribution in [2.24, 2.45) is 11.8 Å². The topological polar surface area (TPSA) is 82.1 Å². The van der Waals surface area contributed by atoms with Crippen LogP contribution in [0, 0.1) is 11.8 Å². The molecule has 0 spiro atoms. The van der Waals surface area contributed by atoms with E-state index in [4.69, 9.17) is 4.74 Å². The van der Waals surface area contributed by atoms with Crippen molar-refractivity contribution in [2.75, 3.05) is 59.1 Å². The number of ether oxygens (including phenoxy) is 1. The zero-order chi connectivity index (χ0) is 18.1. The fraction of sp³-hybridized carbons (Fsp3) is 0.889. The van der Waals surface area contributed by atoms with Gasteiger partial charge in [-0.3, -0.25) is 9.59 Å². The number of likely N-dealkylation sites (tertiary alicyclic amines) is 2. The van der Waals surface area contributed by atoms with Crippen LogP contribution < -0.4 is 5.32 Å². The van der Waals surface area contributed by atoms with Crippen LogP contribution in [0.2, 0.25) is 0 Å². The SMILES string of the molecule is CCOCC(=O)N1CCC(C(=O)NCCN2CCC[C@H](CO)C2)CC1. The summed E-state index contributed by atoms with van der Waals surface area (Å²) in [6, 6.07) is 0. The third-order valence-corrected chi connectivity index (χ3v) is 5.24.